The third-order valence-corrected chi connectivity index (χ3v) is 4.96. The van der Waals surface area contributed by atoms with Crippen molar-refractivity contribution in [2.45, 2.75) is 38.2 Å². The van der Waals surface area contributed by atoms with E-state index in [0.717, 1.165) is 31.2 Å². The maximum Gasteiger partial charge on any atom is 0.0820 e. The third kappa shape index (κ3) is 2.90. The molecule has 0 amide bonds. The molecule has 1 aliphatic carbocycles. The molecule has 0 spiro atoms. The van der Waals surface area contributed by atoms with E-state index in [2.05, 4.69) is 35.0 Å². The molecule has 3 rings (SSSR count). The average molecular weight is 272 g/mol. The second-order valence-corrected chi connectivity index (χ2v) is 6.25. The summed E-state index contributed by atoms with van der Waals surface area (Å²) in [5.41, 5.74) is 3.91. The number of aliphatic hydroxyl groups is 1. The summed E-state index contributed by atoms with van der Waals surface area (Å²) in [6.45, 7) is 0. The molecule has 0 fully saturated rings. The highest BCUT2D eigenvalue weighted by Crippen LogP contribution is 2.35. The number of hydrogen-bond acceptors (Lipinski definition) is 2. The van der Waals surface area contributed by atoms with Crippen LogP contribution in [0.2, 0.25) is 0 Å². The van der Waals surface area contributed by atoms with E-state index in [-0.39, 0.29) is 6.10 Å². The topological polar surface area (TPSA) is 20.2 Å². The zero-order valence-corrected chi connectivity index (χ0v) is 11.9. The summed E-state index contributed by atoms with van der Waals surface area (Å²) in [5, 5.41) is 15.0. The fraction of sp³-hybridized carbons (Fsp3) is 0.412. The van der Waals surface area contributed by atoms with Crippen LogP contribution in [0.3, 0.4) is 0 Å². The van der Waals surface area contributed by atoms with Crippen molar-refractivity contribution in [1.82, 2.24) is 0 Å². The minimum absolute atomic E-state index is 0.280. The predicted octanol–water partition coefficient (Wildman–Crippen LogP) is 4.37. The van der Waals surface area contributed by atoms with Crippen LogP contribution in [-0.4, -0.2) is 5.11 Å². The Balaban J connectivity index is 1.72. The van der Waals surface area contributed by atoms with Crippen molar-refractivity contribution >= 4 is 11.3 Å². The standard InChI is InChI=1S/C17H20OS/c18-17-15(9-8-13-10-11-19-12-13)6-3-5-14-4-1-2-7-16(14)17/h1-2,4,7,10-12,15,17-18H,3,5-6,8-9H2. The van der Waals surface area contributed by atoms with Crippen LogP contribution < -0.4 is 0 Å². The monoisotopic (exact) mass is 272 g/mol. The van der Waals surface area contributed by atoms with Gasteiger partial charge < -0.3 is 5.11 Å². The Morgan fingerprint density at radius 2 is 2.11 bits per heavy atom. The molecule has 2 heteroatoms. The lowest BCUT2D eigenvalue weighted by molar-refractivity contribution is 0.0999. The van der Waals surface area contributed by atoms with E-state index in [1.165, 1.54) is 17.5 Å². The van der Waals surface area contributed by atoms with Crippen molar-refractivity contribution in [1.29, 1.82) is 0 Å². The van der Waals surface area contributed by atoms with Crippen LogP contribution in [-0.2, 0) is 12.8 Å². The number of aryl methyl sites for hydroxylation is 2. The van der Waals surface area contributed by atoms with Gasteiger partial charge >= 0.3 is 0 Å². The van der Waals surface area contributed by atoms with Gasteiger partial charge in [0.15, 0.2) is 0 Å². The first-order valence-corrected chi connectivity index (χ1v) is 8.06. The molecule has 0 saturated carbocycles. The zero-order valence-electron chi connectivity index (χ0n) is 11.1. The highest BCUT2D eigenvalue weighted by molar-refractivity contribution is 7.07. The molecule has 2 unspecified atom stereocenters. The Kier molecular flexibility index (Phi) is 4.00. The molecule has 1 aromatic heterocycles. The predicted molar refractivity (Wildman–Crippen MR) is 80.5 cm³/mol. The van der Waals surface area contributed by atoms with Crippen LogP contribution in [0.5, 0.6) is 0 Å². The van der Waals surface area contributed by atoms with Gasteiger partial charge in [-0.15, -0.1) is 0 Å². The van der Waals surface area contributed by atoms with Gasteiger partial charge in [-0.1, -0.05) is 24.3 Å². The molecule has 100 valence electrons. The maximum atomic E-state index is 10.6. The Labute approximate surface area is 118 Å². The summed E-state index contributed by atoms with van der Waals surface area (Å²) < 4.78 is 0. The highest BCUT2D eigenvalue weighted by Gasteiger charge is 2.25. The van der Waals surface area contributed by atoms with Crippen LogP contribution >= 0.6 is 11.3 Å². The molecule has 0 radical (unpaired) electrons. The van der Waals surface area contributed by atoms with Crippen molar-refractivity contribution in [2.75, 3.05) is 0 Å². The number of rotatable bonds is 3. The van der Waals surface area contributed by atoms with E-state index in [1.807, 2.05) is 6.07 Å². The SMILES string of the molecule is OC1c2ccccc2CCCC1CCc1ccsc1. The largest absolute Gasteiger partial charge is 0.388 e. The van der Waals surface area contributed by atoms with Crippen molar-refractivity contribution in [3.63, 3.8) is 0 Å². The summed E-state index contributed by atoms with van der Waals surface area (Å²) in [5.74, 6) is 0.406. The lowest BCUT2D eigenvalue weighted by Crippen LogP contribution is -2.12. The van der Waals surface area contributed by atoms with Crippen molar-refractivity contribution in [3.8, 4) is 0 Å². The van der Waals surface area contributed by atoms with E-state index in [1.54, 1.807) is 11.3 Å². The summed E-state index contributed by atoms with van der Waals surface area (Å²) in [4.78, 5) is 0. The fourth-order valence-electron chi connectivity index (χ4n) is 3.11. The Morgan fingerprint density at radius 3 is 2.95 bits per heavy atom. The van der Waals surface area contributed by atoms with E-state index in [9.17, 15) is 5.11 Å². The van der Waals surface area contributed by atoms with Crippen molar-refractivity contribution in [3.05, 3.63) is 57.8 Å². The zero-order chi connectivity index (χ0) is 13.1. The summed E-state index contributed by atoms with van der Waals surface area (Å²) >= 11 is 1.76. The van der Waals surface area contributed by atoms with Gasteiger partial charge in [-0.2, -0.15) is 11.3 Å². The van der Waals surface area contributed by atoms with Crippen LogP contribution in [0.25, 0.3) is 0 Å². The molecule has 19 heavy (non-hydrogen) atoms. The Hall–Kier alpha value is -1.12. The summed E-state index contributed by atoms with van der Waals surface area (Å²) in [6.07, 6.45) is 5.35. The molecular weight excluding hydrogens is 252 g/mol. The second-order valence-electron chi connectivity index (χ2n) is 5.47. The number of hydrogen-bond donors (Lipinski definition) is 1. The normalized spacial score (nSPS) is 22.8. The molecule has 2 aromatic rings. The van der Waals surface area contributed by atoms with E-state index in [4.69, 9.17) is 0 Å². The van der Waals surface area contributed by atoms with E-state index >= 15 is 0 Å². The summed E-state index contributed by atoms with van der Waals surface area (Å²) in [6, 6.07) is 10.6. The van der Waals surface area contributed by atoms with Crippen molar-refractivity contribution < 1.29 is 5.11 Å². The fourth-order valence-corrected chi connectivity index (χ4v) is 3.81. The average Bonchev–Trinajstić information content (AvgIpc) is 2.90. The minimum atomic E-state index is -0.280. The molecule has 1 aliphatic rings. The van der Waals surface area contributed by atoms with Gasteiger partial charge in [-0.3, -0.25) is 0 Å². The smallest absolute Gasteiger partial charge is 0.0820 e. The quantitative estimate of drug-likeness (QED) is 0.823. The van der Waals surface area contributed by atoms with Crippen LogP contribution in [0.1, 0.15) is 42.1 Å². The van der Waals surface area contributed by atoms with Gasteiger partial charge in [0.25, 0.3) is 0 Å². The number of aliphatic hydroxyl groups excluding tert-OH is 1. The molecule has 2 atom stereocenters. The van der Waals surface area contributed by atoms with Gasteiger partial charge in [0, 0.05) is 0 Å². The van der Waals surface area contributed by atoms with Gasteiger partial charge in [0.05, 0.1) is 6.10 Å². The molecule has 0 bridgehead atoms. The van der Waals surface area contributed by atoms with E-state index < -0.39 is 0 Å². The Morgan fingerprint density at radius 1 is 1.21 bits per heavy atom. The first-order chi connectivity index (χ1) is 9.34. The van der Waals surface area contributed by atoms with Crippen LogP contribution in [0, 0.1) is 5.92 Å². The highest BCUT2D eigenvalue weighted by atomic mass is 32.1. The second kappa shape index (κ2) is 5.89. The number of fused-ring (bicyclic) bond motifs is 1. The molecule has 0 aliphatic heterocycles. The van der Waals surface area contributed by atoms with Crippen molar-refractivity contribution in [2.24, 2.45) is 5.92 Å². The third-order valence-electron chi connectivity index (χ3n) is 4.23. The lowest BCUT2D eigenvalue weighted by Gasteiger charge is -2.21. The lowest BCUT2D eigenvalue weighted by atomic mass is 9.89. The molecule has 1 nitrogen and oxygen atoms in total. The number of benzene rings is 1. The Bertz CT molecular complexity index is 518. The molecule has 1 heterocycles. The van der Waals surface area contributed by atoms with Gasteiger partial charge in [-0.05, 0) is 71.5 Å². The van der Waals surface area contributed by atoms with Crippen LogP contribution in [0.15, 0.2) is 41.1 Å². The number of thiophene rings is 1. The molecular formula is C17H20OS. The minimum Gasteiger partial charge on any atom is -0.388 e. The first kappa shape index (κ1) is 12.9. The molecule has 1 aromatic carbocycles. The summed E-state index contributed by atoms with van der Waals surface area (Å²) in [7, 11) is 0. The maximum absolute atomic E-state index is 10.6. The van der Waals surface area contributed by atoms with Gasteiger partial charge in [-0.25, -0.2) is 0 Å². The van der Waals surface area contributed by atoms with Gasteiger partial charge in [0.2, 0.25) is 0 Å². The van der Waals surface area contributed by atoms with Crippen LogP contribution in [0.4, 0.5) is 0 Å². The molecule has 0 saturated heterocycles. The first-order valence-electron chi connectivity index (χ1n) is 7.11. The van der Waals surface area contributed by atoms with E-state index in [0.29, 0.717) is 5.92 Å². The molecule has 1 N–H and O–H groups in total. The van der Waals surface area contributed by atoms with Gasteiger partial charge in [0.1, 0.15) is 0 Å².